The second-order valence-corrected chi connectivity index (χ2v) is 5.40. The Morgan fingerprint density at radius 1 is 1.39 bits per heavy atom. The summed E-state index contributed by atoms with van der Waals surface area (Å²) in [5.74, 6) is 0.000384. The fraction of sp³-hybridized carbons (Fsp3) is 0.533. The zero-order valence-electron chi connectivity index (χ0n) is 11.1. The van der Waals surface area contributed by atoms with Crippen LogP contribution < -0.4 is 5.32 Å². The van der Waals surface area contributed by atoms with E-state index in [1.165, 1.54) is 0 Å². The van der Waals surface area contributed by atoms with Crippen molar-refractivity contribution in [2.45, 2.75) is 33.1 Å². The van der Waals surface area contributed by atoms with E-state index in [2.05, 4.69) is 5.32 Å². The van der Waals surface area contributed by atoms with E-state index in [1.807, 2.05) is 32.0 Å². The van der Waals surface area contributed by atoms with Gasteiger partial charge in [-0.3, -0.25) is 4.79 Å². The molecule has 1 amide bonds. The van der Waals surface area contributed by atoms with Crippen LogP contribution in [-0.4, -0.2) is 24.2 Å². The summed E-state index contributed by atoms with van der Waals surface area (Å²) in [4.78, 5) is 12.1. The van der Waals surface area contributed by atoms with E-state index < -0.39 is 0 Å². The fourth-order valence-electron chi connectivity index (χ4n) is 2.29. The van der Waals surface area contributed by atoms with Crippen molar-refractivity contribution in [3.63, 3.8) is 0 Å². The van der Waals surface area contributed by atoms with Crippen molar-refractivity contribution in [2.24, 2.45) is 5.41 Å². The van der Waals surface area contributed by atoms with Crippen LogP contribution in [0, 0.1) is 19.3 Å². The molecule has 0 unspecified atom stereocenters. The number of carbonyl (C=O) groups excluding carboxylic acids is 1. The van der Waals surface area contributed by atoms with E-state index in [0.717, 1.165) is 36.0 Å². The molecule has 2 N–H and O–H groups in total. The highest BCUT2D eigenvalue weighted by Crippen LogP contribution is 2.47. The van der Waals surface area contributed by atoms with Crippen LogP contribution in [0.25, 0.3) is 0 Å². The minimum Gasteiger partial charge on any atom is -0.396 e. The van der Waals surface area contributed by atoms with Gasteiger partial charge in [0.15, 0.2) is 0 Å². The molecule has 1 saturated carbocycles. The molecule has 0 radical (unpaired) electrons. The molecular formula is C15H21NO2. The van der Waals surface area contributed by atoms with Crippen molar-refractivity contribution in [3.8, 4) is 0 Å². The number of aryl methyl sites for hydroxylation is 1. The average Bonchev–Trinajstić information content (AvgIpc) is 3.11. The highest BCUT2D eigenvalue weighted by molar-refractivity contribution is 5.95. The maximum Gasteiger partial charge on any atom is 0.251 e. The van der Waals surface area contributed by atoms with E-state index in [9.17, 15) is 4.79 Å². The normalized spacial score (nSPS) is 16.4. The van der Waals surface area contributed by atoms with Gasteiger partial charge in [-0.1, -0.05) is 12.1 Å². The lowest BCUT2D eigenvalue weighted by atomic mass is 10.0. The first-order chi connectivity index (χ1) is 8.58. The molecule has 18 heavy (non-hydrogen) atoms. The molecule has 0 bridgehead atoms. The number of hydrogen-bond acceptors (Lipinski definition) is 2. The second kappa shape index (κ2) is 5.11. The van der Waals surface area contributed by atoms with Crippen molar-refractivity contribution >= 4 is 5.91 Å². The van der Waals surface area contributed by atoms with Crippen molar-refractivity contribution in [3.05, 3.63) is 34.9 Å². The predicted molar refractivity (Wildman–Crippen MR) is 71.6 cm³/mol. The summed E-state index contributed by atoms with van der Waals surface area (Å²) in [7, 11) is 0. The minimum absolute atomic E-state index is 0.000384. The van der Waals surface area contributed by atoms with Crippen LogP contribution in [0.1, 0.15) is 40.7 Å². The zero-order chi connectivity index (χ0) is 13.2. The number of benzene rings is 1. The topological polar surface area (TPSA) is 49.3 Å². The average molecular weight is 247 g/mol. The smallest absolute Gasteiger partial charge is 0.251 e. The molecule has 0 saturated heterocycles. The Labute approximate surface area is 108 Å². The van der Waals surface area contributed by atoms with Crippen LogP contribution >= 0.6 is 0 Å². The number of nitrogens with one attached hydrogen (secondary N) is 1. The molecule has 0 atom stereocenters. The van der Waals surface area contributed by atoms with Gasteiger partial charge in [0.2, 0.25) is 0 Å². The van der Waals surface area contributed by atoms with E-state index >= 15 is 0 Å². The molecular weight excluding hydrogens is 226 g/mol. The van der Waals surface area contributed by atoms with Gasteiger partial charge >= 0.3 is 0 Å². The van der Waals surface area contributed by atoms with Crippen LogP contribution in [0.3, 0.4) is 0 Å². The Kier molecular flexibility index (Phi) is 3.71. The molecule has 1 aliphatic rings. The third-order valence-corrected chi connectivity index (χ3v) is 4.07. The summed E-state index contributed by atoms with van der Waals surface area (Å²) in [5, 5.41) is 12.0. The first-order valence-electron chi connectivity index (χ1n) is 6.53. The Bertz CT molecular complexity index is 450. The number of carbonyl (C=O) groups is 1. The van der Waals surface area contributed by atoms with Gasteiger partial charge in [0, 0.05) is 18.7 Å². The lowest BCUT2D eigenvalue weighted by Gasteiger charge is -2.15. The molecule has 98 valence electrons. The first-order valence-corrected chi connectivity index (χ1v) is 6.53. The summed E-state index contributed by atoms with van der Waals surface area (Å²) in [6, 6.07) is 5.79. The van der Waals surface area contributed by atoms with E-state index in [1.54, 1.807) is 0 Å². The van der Waals surface area contributed by atoms with Crippen LogP contribution in [-0.2, 0) is 0 Å². The molecule has 2 rings (SSSR count). The third-order valence-electron chi connectivity index (χ3n) is 4.07. The van der Waals surface area contributed by atoms with Gasteiger partial charge in [-0.25, -0.2) is 0 Å². The predicted octanol–water partition coefficient (Wildman–Crippen LogP) is 2.20. The number of rotatable bonds is 5. The summed E-state index contributed by atoms with van der Waals surface area (Å²) < 4.78 is 0. The quantitative estimate of drug-likeness (QED) is 0.838. The molecule has 3 heteroatoms. The Hall–Kier alpha value is -1.35. The Morgan fingerprint density at radius 2 is 2.11 bits per heavy atom. The molecule has 1 aromatic rings. The van der Waals surface area contributed by atoms with E-state index in [-0.39, 0.29) is 17.9 Å². The molecule has 1 aromatic carbocycles. The molecule has 0 aromatic heterocycles. The van der Waals surface area contributed by atoms with Gasteiger partial charge in [-0.05, 0) is 55.7 Å². The Balaban J connectivity index is 1.98. The second-order valence-electron chi connectivity index (χ2n) is 5.40. The van der Waals surface area contributed by atoms with E-state index in [4.69, 9.17) is 5.11 Å². The maximum atomic E-state index is 12.1. The monoisotopic (exact) mass is 247 g/mol. The number of amides is 1. The van der Waals surface area contributed by atoms with Crippen LogP contribution in [0.4, 0.5) is 0 Å². The van der Waals surface area contributed by atoms with Crippen LogP contribution in [0.5, 0.6) is 0 Å². The highest BCUT2D eigenvalue weighted by Gasteiger charge is 2.41. The minimum atomic E-state index is 0.000384. The van der Waals surface area contributed by atoms with Gasteiger partial charge in [-0.2, -0.15) is 0 Å². The molecule has 0 spiro atoms. The maximum absolute atomic E-state index is 12.1. The van der Waals surface area contributed by atoms with E-state index in [0.29, 0.717) is 6.54 Å². The molecule has 0 heterocycles. The van der Waals surface area contributed by atoms with Crippen molar-refractivity contribution in [1.29, 1.82) is 0 Å². The van der Waals surface area contributed by atoms with Gasteiger partial charge < -0.3 is 10.4 Å². The summed E-state index contributed by atoms with van der Waals surface area (Å²) in [6.07, 6.45) is 3.02. The lowest BCUT2D eigenvalue weighted by molar-refractivity contribution is 0.0940. The summed E-state index contributed by atoms with van der Waals surface area (Å²) in [5.41, 5.74) is 3.11. The van der Waals surface area contributed by atoms with Gasteiger partial charge in [0.1, 0.15) is 0 Å². The molecule has 3 nitrogen and oxygen atoms in total. The molecule has 1 aliphatic carbocycles. The van der Waals surface area contributed by atoms with Crippen molar-refractivity contribution < 1.29 is 9.90 Å². The molecule has 1 fully saturated rings. The van der Waals surface area contributed by atoms with Crippen molar-refractivity contribution in [2.75, 3.05) is 13.2 Å². The van der Waals surface area contributed by atoms with Crippen LogP contribution in [0.2, 0.25) is 0 Å². The summed E-state index contributed by atoms with van der Waals surface area (Å²) in [6.45, 7) is 4.88. The van der Waals surface area contributed by atoms with Crippen LogP contribution in [0.15, 0.2) is 18.2 Å². The van der Waals surface area contributed by atoms with Crippen molar-refractivity contribution in [1.82, 2.24) is 5.32 Å². The van der Waals surface area contributed by atoms with Gasteiger partial charge in [0.05, 0.1) is 0 Å². The number of aliphatic hydroxyl groups is 1. The van der Waals surface area contributed by atoms with Gasteiger partial charge in [0.25, 0.3) is 5.91 Å². The fourth-order valence-corrected chi connectivity index (χ4v) is 2.29. The summed E-state index contributed by atoms with van der Waals surface area (Å²) >= 11 is 0. The third kappa shape index (κ3) is 2.72. The Morgan fingerprint density at radius 3 is 2.72 bits per heavy atom. The number of aliphatic hydroxyl groups excluding tert-OH is 1. The lowest BCUT2D eigenvalue weighted by Crippen LogP contribution is -2.31. The first kappa shape index (κ1) is 13.1. The van der Waals surface area contributed by atoms with Gasteiger partial charge in [-0.15, -0.1) is 0 Å². The standard InChI is InChI=1S/C15H21NO2/c1-11-4-3-5-13(12(11)2)14(18)16-10-15(6-7-15)8-9-17/h3-5,17H,6-10H2,1-2H3,(H,16,18). The SMILES string of the molecule is Cc1cccc(C(=O)NCC2(CCO)CC2)c1C. The largest absolute Gasteiger partial charge is 0.396 e. The zero-order valence-corrected chi connectivity index (χ0v) is 11.1. The highest BCUT2D eigenvalue weighted by atomic mass is 16.3. The molecule has 0 aliphatic heterocycles. The number of hydrogen-bond donors (Lipinski definition) is 2.